The second-order valence-corrected chi connectivity index (χ2v) is 8.46. The Bertz CT molecular complexity index is 964. The molecule has 0 radical (unpaired) electrons. The number of carbonyl (C=O) groups is 1. The van der Waals surface area contributed by atoms with E-state index in [0.29, 0.717) is 25.3 Å². The van der Waals surface area contributed by atoms with E-state index in [1.807, 2.05) is 24.3 Å². The first-order valence-electron chi connectivity index (χ1n) is 11.1. The molecule has 2 aliphatic rings. The Balaban J connectivity index is 1.59. The van der Waals surface area contributed by atoms with E-state index in [1.54, 1.807) is 13.2 Å². The monoisotopic (exact) mass is 439 g/mol. The highest BCUT2D eigenvalue weighted by molar-refractivity contribution is 6.00. The topological polar surface area (TPSA) is 93.9 Å². The van der Waals surface area contributed by atoms with Crippen LogP contribution in [-0.2, 0) is 10.2 Å². The molecular weight excluding hydrogens is 410 g/mol. The van der Waals surface area contributed by atoms with Gasteiger partial charge >= 0.3 is 0 Å². The van der Waals surface area contributed by atoms with Gasteiger partial charge in [0.25, 0.3) is 11.6 Å². The van der Waals surface area contributed by atoms with Gasteiger partial charge in [0, 0.05) is 50.4 Å². The smallest absolute Gasteiger partial charge is 0.270 e. The summed E-state index contributed by atoms with van der Waals surface area (Å²) in [7, 11) is 1.64. The van der Waals surface area contributed by atoms with Gasteiger partial charge in [-0.1, -0.05) is 12.1 Å². The van der Waals surface area contributed by atoms with Crippen LogP contribution in [0.2, 0.25) is 0 Å². The predicted octanol–water partition coefficient (Wildman–Crippen LogP) is 3.68. The van der Waals surface area contributed by atoms with Crippen LogP contribution in [0.15, 0.2) is 42.5 Å². The third kappa shape index (κ3) is 4.55. The molecular formula is C24H29N3O5. The van der Waals surface area contributed by atoms with Crippen LogP contribution in [0.3, 0.4) is 0 Å². The van der Waals surface area contributed by atoms with Gasteiger partial charge in [-0.2, -0.15) is 0 Å². The molecule has 0 aromatic heterocycles. The van der Waals surface area contributed by atoms with Crippen molar-refractivity contribution < 1.29 is 19.2 Å². The number of nitrogens with zero attached hydrogens (tertiary/aromatic N) is 2. The first-order chi connectivity index (χ1) is 15.5. The van der Waals surface area contributed by atoms with Gasteiger partial charge < -0.3 is 19.7 Å². The van der Waals surface area contributed by atoms with E-state index in [1.165, 1.54) is 12.1 Å². The fraction of sp³-hybridized carbons (Fsp3) is 0.458. The number of hydrogen-bond donors (Lipinski definition) is 1. The number of hydrogen-bond acceptors (Lipinski definition) is 6. The number of carbonyl (C=O) groups excluding carboxylic acids is 1. The van der Waals surface area contributed by atoms with Crippen LogP contribution in [-0.4, -0.2) is 50.8 Å². The highest BCUT2D eigenvalue weighted by Gasteiger charge is 2.35. The van der Waals surface area contributed by atoms with Crippen molar-refractivity contribution in [1.29, 1.82) is 0 Å². The Hall–Kier alpha value is -3.13. The van der Waals surface area contributed by atoms with E-state index >= 15 is 0 Å². The van der Waals surface area contributed by atoms with Crippen molar-refractivity contribution in [3.63, 3.8) is 0 Å². The fourth-order valence-electron chi connectivity index (χ4n) is 4.67. The second kappa shape index (κ2) is 9.56. The molecule has 170 valence electrons. The quantitative estimate of drug-likeness (QED) is 0.522. The number of ether oxygens (including phenoxy) is 2. The molecule has 1 amide bonds. The summed E-state index contributed by atoms with van der Waals surface area (Å²) >= 11 is 0. The van der Waals surface area contributed by atoms with Crippen molar-refractivity contribution >= 4 is 17.3 Å². The molecule has 4 rings (SSSR count). The van der Waals surface area contributed by atoms with E-state index in [-0.39, 0.29) is 17.0 Å². The molecule has 0 aliphatic carbocycles. The van der Waals surface area contributed by atoms with Gasteiger partial charge in [0.15, 0.2) is 0 Å². The minimum Gasteiger partial charge on any atom is -0.497 e. The van der Waals surface area contributed by atoms with E-state index in [2.05, 4.69) is 10.2 Å². The Labute approximate surface area is 187 Å². The van der Waals surface area contributed by atoms with Crippen molar-refractivity contribution in [2.45, 2.75) is 31.1 Å². The molecule has 2 aromatic carbocycles. The zero-order chi connectivity index (χ0) is 22.6. The number of nitro benzene ring substituents is 1. The standard InChI is InChI=1S/C24H29N3O5/c1-31-20-7-4-18(5-8-20)24(10-14-32-15-11-24)17-25-23(28)21-16-19(27(29)30)6-9-22(21)26-12-2-3-13-26/h4-9,16H,2-3,10-15,17H2,1H3,(H,25,28). The van der Waals surface area contributed by atoms with Gasteiger partial charge in [0.1, 0.15) is 5.75 Å². The largest absolute Gasteiger partial charge is 0.497 e. The SMILES string of the molecule is COc1ccc(C2(CNC(=O)c3cc([N+](=O)[O-])ccc3N3CCCC3)CCOCC2)cc1. The maximum absolute atomic E-state index is 13.3. The normalized spacial score (nSPS) is 17.7. The number of non-ortho nitro benzene ring substituents is 1. The van der Waals surface area contributed by atoms with Gasteiger partial charge in [-0.15, -0.1) is 0 Å². The summed E-state index contributed by atoms with van der Waals surface area (Å²) in [6.45, 7) is 3.38. The maximum atomic E-state index is 13.3. The molecule has 2 saturated heterocycles. The summed E-state index contributed by atoms with van der Waals surface area (Å²) < 4.78 is 10.9. The van der Waals surface area contributed by atoms with Gasteiger partial charge in [-0.25, -0.2) is 0 Å². The molecule has 2 fully saturated rings. The predicted molar refractivity (Wildman–Crippen MR) is 122 cm³/mol. The lowest BCUT2D eigenvalue weighted by atomic mass is 9.74. The third-order valence-electron chi connectivity index (χ3n) is 6.62. The fourth-order valence-corrected chi connectivity index (χ4v) is 4.67. The zero-order valence-electron chi connectivity index (χ0n) is 18.3. The van der Waals surface area contributed by atoms with E-state index < -0.39 is 4.92 Å². The molecule has 8 heteroatoms. The number of benzene rings is 2. The Morgan fingerprint density at radius 3 is 2.47 bits per heavy atom. The van der Waals surface area contributed by atoms with E-state index in [0.717, 1.165) is 55.8 Å². The van der Waals surface area contributed by atoms with Crippen LogP contribution in [0, 0.1) is 10.1 Å². The van der Waals surface area contributed by atoms with Gasteiger partial charge in [-0.3, -0.25) is 14.9 Å². The van der Waals surface area contributed by atoms with Crippen molar-refractivity contribution in [2.24, 2.45) is 0 Å². The number of amides is 1. The molecule has 0 spiro atoms. The van der Waals surface area contributed by atoms with Crippen LogP contribution < -0.4 is 15.0 Å². The van der Waals surface area contributed by atoms with Crippen molar-refractivity contribution in [1.82, 2.24) is 5.32 Å². The van der Waals surface area contributed by atoms with E-state index in [9.17, 15) is 14.9 Å². The maximum Gasteiger partial charge on any atom is 0.270 e. The van der Waals surface area contributed by atoms with E-state index in [4.69, 9.17) is 9.47 Å². The summed E-state index contributed by atoms with van der Waals surface area (Å²) in [4.78, 5) is 26.3. The molecule has 2 aromatic rings. The summed E-state index contributed by atoms with van der Waals surface area (Å²) in [5, 5.41) is 14.4. The molecule has 32 heavy (non-hydrogen) atoms. The zero-order valence-corrected chi connectivity index (χ0v) is 18.3. The van der Waals surface area contributed by atoms with Crippen molar-refractivity contribution in [2.75, 3.05) is 44.9 Å². The minimum absolute atomic E-state index is 0.0750. The molecule has 2 aliphatic heterocycles. The Kier molecular flexibility index (Phi) is 6.60. The third-order valence-corrected chi connectivity index (χ3v) is 6.62. The molecule has 0 saturated carbocycles. The van der Waals surface area contributed by atoms with Crippen LogP contribution in [0.25, 0.3) is 0 Å². The van der Waals surface area contributed by atoms with Crippen molar-refractivity contribution in [3.05, 3.63) is 63.7 Å². The Morgan fingerprint density at radius 1 is 1.16 bits per heavy atom. The molecule has 0 bridgehead atoms. The molecule has 2 heterocycles. The highest BCUT2D eigenvalue weighted by Crippen LogP contribution is 2.36. The van der Waals surface area contributed by atoms with Crippen LogP contribution in [0.5, 0.6) is 5.75 Å². The lowest BCUT2D eigenvalue weighted by Gasteiger charge is -2.38. The summed E-state index contributed by atoms with van der Waals surface area (Å²) in [5.74, 6) is 0.502. The van der Waals surface area contributed by atoms with Crippen LogP contribution in [0.4, 0.5) is 11.4 Å². The number of methoxy groups -OCH3 is 1. The minimum atomic E-state index is -0.456. The number of nitro groups is 1. The first kappa shape index (κ1) is 22.1. The Morgan fingerprint density at radius 2 is 1.84 bits per heavy atom. The molecule has 1 N–H and O–H groups in total. The highest BCUT2D eigenvalue weighted by atomic mass is 16.6. The number of nitrogens with one attached hydrogen (secondary N) is 1. The average molecular weight is 440 g/mol. The summed E-state index contributed by atoms with van der Waals surface area (Å²) in [5.41, 5.74) is 1.91. The second-order valence-electron chi connectivity index (χ2n) is 8.46. The van der Waals surface area contributed by atoms with Gasteiger partial charge in [-0.05, 0) is 49.4 Å². The van der Waals surface area contributed by atoms with Crippen LogP contribution in [0.1, 0.15) is 41.6 Å². The lowest BCUT2D eigenvalue weighted by molar-refractivity contribution is -0.384. The van der Waals surface area contributed by atoms with Crippen molar-refractivity contribution in [3.8, 4) is 5.75 Å². The van der Waals surface area contributed by atoms with Gasteiger partial charge in [0.05, 0.1) is 23.3 Å². The number of anilines is 1. The lowest BCUT2D eigenvalue weighted by Crippen LogP contribution is -2.44. The summed E-state index contributed by atoms with van der Waals surface area (Å²) in [6, 6.07) is 12.5. The summed E-state index contributed by atoms with van der Waals surface area (Å²) in [6.07, 6.45) is 3.68. The number of rotatable bonds is 7. The first-order valence-corrected chi connectivity index (χ1v) is 11.1. The molecule has 8 nitrogen and oxygen atoms in total. The van der Waals surface area contributed by atoms with Gasteiger partial charge in [0.2, 0.25) is 0 Å². The molecule has 0 atom stereocenters. The average Bonchev–Trinajstić information content (AvgIpc) is 3.37. The van der Waals surface area contributed by atoms with Crippen LogP contribution >= 0.6 is 0 Å². The molecule has 0 unspecified atom stereocenters.